The molecule has 1 aliphatic rings. The first-order valence-electron chi connectivity index (χ1n) is 8.82. The quantitative estimate of drug-likeness (QED) is 0.705. The fraction of sp³-hybridized carbons (Fsp3) is 0.421. The van der Waals surface area contributed by atoms with Crippen molar-refractivity contribution in [1.29, 1.82) is 0 Å². The minimum atomic E-state index is -0.130. The Bertz CT molecular complexity index is 956. The van der Waals surface area contributed by atoms with Gasteiger partial charge < -0.3 is 4.74 Å². The van der Waals surface area contributed by atoms with Gasteiger partial charge in [0.05, 0.1) is 22.9 Å². The van der Waals surface area contributed by atoms with Crippen LogP contribution in [0.1, 0.15) is 34.5 Å². The number of anilines is 1. The van der Waals surface area contributed by atoms with Crippen molar-refractivity contribution < 1.29 is 9.53 Å². The average Bonchev–Trinajstić information content (AvgIpc) is 3.32. The number of rotatable bonds is 4. The van der Waals surface area contributed by atoms with Crippen molar-refractivity contribution in [2.24, 2.45) is 7.05 Å². The summed E-state index contributed by atoms with van der Waals surface area (Å²) in [6, 6.07) is 5.96. The number of aromatic nitrogens is 3. The number of nitrogens with zero attached hydrogens (tertiary/aromatic N) is 4. The average molecular weight is 370 g/mol. The van der Waals surface area contributed by atoms with Gasteiger partial charge in [0.1, 0.15) is 0 Å². The highest BCUT2D eigenvalue weighted by atomic mass is 32.1. The third kappa shape index (κ3) is 3.24. The first-order valence-corrected chi connectivity index (χ1v) is 9.64. The Morgan fingerprint density at radius 2 is 2.27 bits per heavy atom. The van der Waals surface area contributed by atoms with Gasteiger partial charge in [0.2, 0.25) is 0 Å². The lowest BCUT2D eigenvalue weighted by molar-refractivity contribution is 0.0913. The lowest BCUT2D eigenvalue weighted by atomic mass is 10.1. The SMILES string of the molecule is Cc1cc(C)c2sc(N(CC3CCCO3)C(=O)c3ccn(C)n3)nc2c1. The van der Waals surface area contributed by atoms with Gasteiger partial charge in [-0.05, 0) is 49.9 Å². The maximum atomic E-state index is 13.1. The molecule has 26 heavy (non-hydrogen) atoms. The Labute approximate surface area is 156 Å². The van der Waals surface area contributed by atoms with Crippen molar-refractivity contribution in [2.45, 2.75) is 32.8 Å². The molecule has 4 rings (SSSR count). The number of aryl methyl sites for hydroxylation is 3. The van der Waals surface area contributed by atoms with E-state index in [9.17, 15) is 4.79 Å². The second-order valence-corrected chi connectivity index (χ2v) is 7.83. The zero-order chi connectivity index (χ0) is 18.3. The predicted octanol–water partition coefficient (Wildman–Crippen LogP) is 3.47. The molecular weight excluding hydrogens is 348 g/mol. The summed E-state index contributed by atoms with van der Waals surface area (Å²) < 4.78 is 8.53. The molecule has 1 unspecified atom stereocenters. The molecule has 1 saturated heterocycles. The van der Waals surface area contributed by atoms with E-state index < -0.39 is 0 Å². The molecule has 6 nitrogen and oxygen atoms in total. The van der Waals surface area contributed by atoms with E-state index in [0.717, 1.165) is 29.7 Å². The summed E-state index contributed by atoms with van der Waals surface area (Å²) in [5.74, 6) is -0.130. The van der Waals surface area contributed by atoms with Crippen molar-refractivity contribution in [3.8, 4) is 0 Å². The summed E-state index contributed by atoms with van der Waals surface area (Å²) in [4.78, 5) is 19.6. The summed E-state index contributed by atoms with van der Waals surface area (Å²) >= 11 is 1.56. The number of hydrogen-bond donors (Lipinski definition) is 0. The molecular formula is C19H22N4O2S. The normalized spacial score (nSPS) is 17.1. The second kappa shape index (κ2) is 6.81. The number of amides is 1. The van der Waals surface area contributed by atoms with Crippen molar-refractivity contribution in [3.05, 3.63) is 41.2 Å². The molecule has 1 amide bonds. The molecule has 1 aromatic carbocycles. The van der Waals surface area contributed by atoms with E-state index in [1.807, 2.05) is 7.05 Å². The van der Waals surface area contributed by atoms with Crippen LogP contribution in [0.2, 0.25) is 0 Å². The molecule has 0 saturated carbocycles. The van der Waals surface area contributed by atoms with Crippen LogP contribution in [0.4, 0.5) is 5.13 Å². The molecule has 1 fully saturated rings. The molecule has 1 atom stereocenters. The molecule has 3 aromatic rings. The van der Waals surface area contributed by atoms with E-state index in [1.54, 1.807) is 33.2 Å². The number of fused-ring (bicyclic) bond motifs is 1. The Morgan fingerprint density at radius 3 is 2.96 bits per heavy atom. The zero-order valence-electron chi connectivity index (χ0n) is 15.2. The predicted molar refractivity (Wildman–Crippen MR) is 103 cm³/mol. The Hall–Kier alpha value is -2.25. The van der Waals surface area contributed by atoms with Gasteiger partial charge >= 0.3 is 0 Å². The van der Waals surface area contributed by atoms with E-state index in [4.69, 9.17) is 9.72 Å². The fourth-order valence-electron chi connectivity index (χ4n) is 3.39. The van der Waals surface area contributed by atoms with Gasteiger partial charge in [-0.2, -0.15) is 5.10 Å². The van der Waals surface area contributed by atoms with Crippen LogP contribution < -0.4 is 4.90 Å². The maximum absolute atomic E-state index is 13.1. The third-order valence-corrected chi connectivity index (χ3v) is 5.86. The van der Waals surface area contributed by atoms with Crippen LogP contribution in [0.5, 0.6) is 0 Å². The van der Waals surface area contributed by atoms with Gasteiger partial charge in [-0.1, -0.05) is 17.4 Å². The molecule has 0 spiro atoms. The van der Waals surface area contributed by atoms with Crippen LogP contribution in [0, 0.1) is 13.8 Å². The van der Waals surface area contributed by atoms with Gasteiger partial charge in [0, 0.05) is 19.9 Å². The number of benzene rings is 1. The highest BCUT2D eigenvalue weighted by molar-refractivity contribution is 7.22. The largest absolute Gasteiger partial charge is 0.376 e. The lowest BCUT2D eigenvalue weighted by Gasteiger charge is -2.22. The monoisotopic (exact) mass is 370 g/mol. The minimum absolute atomic E-state index is 0.0532. The van der Waals surface area contributed by atoms with Crippen LogP contribution in [-0.4, -0.2) is 39.9 Å². The van der Waals surface area contributed by atoms with Crippen molar-refractivity contribution in [2.75, 3.05) is 18.1 Å². The van der Waals surface area contributed by atoms with E-state index >= 15 is 0 Å². The number of carbonyl (C=O) groups excluding carboxylic acids is 1. The standard InChI is InChI=1S/C19H22N4O2S/c1-12-9-13(2)17-16(10-12)20-19(26-17)23(11-14-5-4-8-25-14)18(24)15-6-7-22(3)21-15/h6-7,9-10,14H,4-5,8,11H2,1-3H3. The molecule has 0 N–H and O–H groups in total. The number of thiazole rings is 1. The van der Waals surface area contributed by atoms with E-state index in [2.05, 4.69) is 31.1 Å². The topological polar surface area (TPSA) is 60.2 Å². The summed E-state index contributed by atoms with van der Waals surface area (Å²) in [5.41, 5.74) is 3.73. The summed E-state index contributed by atoms with van der Waals surface area (Å²) in [6.45, 7) is 5.42. The molecule has 2 aromatic heterocycles. The smallest absolute Gasteiger partial charge is 0.280 e. The molecule has 7 heteroatoms. The van der Waals surface area contributed by atoms with E-state index in [1.165, 1.54) is 11.1 Å². The first-order chi connectivity index (χ1) is 12.5. The number of carbonyl (C=O) groups is 1. The molecule has 1 aliphatic heterocycles. The molecule has 3 heterocycles. The number of hydrogen-bond acceptors (Lipinski definition) is 5. The summed E-state index contributed by atoms with van der Waals surface area (Å²) in [6.07, 6.45) is 3.84. The van der Waals surface area contributed by atoms with Crippen LogP contribution in [0.25, 0.3) is 10.2 Å². The number of ether oxygens (including phenoxy) is 1. The van der Waals surface area contributed by atoms with Crippen LogP contribution in [0.3, 0.4) is 0 Å². The van der Waals surface area contributed by atoms with Crippen LogP contribution >= 0.6 is 11.3 Å². The van der Waals surface area contributed by atoms with Crippen LogP contribution in [-0.2, 0) is 11.8 Å². The van der Waals surface area contributed by atoms with Crippen molar-refractivity contribution in [1.82, 2.24) is 14.8 Å². The maximum Gasteiger partial charge on any atom is 0.280 e. The molecule has 136 valence electrons. The lowest BCUT2D eigenvalue weighted by Crippen LogP contribution is -2.37. The van der Waals surface area contributed by atoms with Gasteiger partial charge in [-0.3, -0.25) is 14.4 Å². The third-order valence-electron chi connectivity index (χ3n) is 4.63. The van der Waals surface area contributed by atoms with E-state index in [0.29, 0.717) is 17.4 Å². The summed E-state index contributed by atoms with van der Waals surface area (Å²) in [5, 5.41) is 4.99. The van der Waals surface area contributed by atoms with Crippen LogP contribution in [0.15, 0.2) is 24.4 Å². The molecule has 0 radical (unpaired) electrons. The first kappa shape index (κ1) is 17.2. The summed E-state index contributed by atoms with van der Waals surface area (Å²) in [7, 11) is 1.81. The highest BCUT2D eigenvalue weighted by Crippen LogP contribution is 2.33. The van der Waals surface area contributed by atoms with E-state index in [-0.39, 0.29) is 12.0 Å². The van der Waals surface area contributed by atoms with Crippen molar-refractivity contribution >= 4 is 32.6 Å². The molecule has 0 aliphatic carbocycles. The second-order valence-electron chi connectivity index (χ2n) is 6.85. The highest BCUT2D eigenvalue weighted by Gasteiger charge is 2.28. The molecule has 0 bridgehead atoms. The minimum Gasteiger partial charge on any atom is -0.376 e. The fourth-order valence-corrected chi connectivity index (χ4v) is 4.41. The van der Waals surface area contributed by atoms with Gasteiger partial charge in [-0.25, -0.2) is 4.98 Å². The van der Waals surface area contributed by atoms with Gasteiger partial charge in [-0.15, -0.1) is 0 Å². The Morgan fingerprint density at radius 1 is 1.42 bits per heavy atom. The van der Waals surface area contributed by atoms with Gasteiger partial charge in [0.25, 0.3) is 5.91 Å². The van der Waals surface area contributed by atoms with Crippen molar-refractivity contribution in [3.63, 3.8) is 0 Å². The Kier molecular flexibility index (Phi) is 4.50. The zero-order valence-corrected chi connectivity index (χ0v) is 16.0. The van der Waals surface area contributed by atoms with Gasteiger partial charge in [0.15, 0.2) is 10.8 Å². The Balaban J connectivity index is 1.74.